The number of rotatable bonds is 6. The summed E-state index contributed by atoms with van der Waals surface area (Å²) in [7, 11) is -7.82. The number of likely N-dealkylation sites (tertiary alicyclic amines) is 1. The van der Waals surface area contributed by atoms with Crippen LogP contribution in [0.3, 0.4) is 0 Å². The molecule has 0 radical (unpaired) electrons. The van der Waals surface area contributed by atoms with Crippen LogP contribution < -0.4 is 10.0 Å². The summed E-state index contributed by atoms with van der Waals surface area (Å²) in [5, 5.41) is 4.71. The van der Waals surface area contributed by atoms with Crippen molar-refractivity contribution in [1.82, 2.24) is 9.62 Å². The highest BCUT2D eigenvalue weighted by molar-refractivity contribution is 7.91. The maximum Gasteiger partial charge on any atom is 0.287 e. The quantitative estimate of drug-likeness (QED) is 0.513. The summed E-state index contributed by atoms with van der Waals surface area (Å²) >= 11 is 1.07. The first-order chi connectivity index (χ1) is 17.5. The van der Waals surface area contributed by atoms with E-state index in [0.29, 0.717) is 6.54 Å². The number of fused-ring (bicyclic) bond motifs is 6. The summed E-state index contributed by atoms with van der Waals surface area (Å²) in [5.41, 5.74) is 1.20. The first-order valence-electron chi connectivity index (χ1n) is 12.1. The third-order valence-corrected chi connectivity index (χ3v) is 11.1. The molecule has 2 aromatic rings. The number of amidine groups is 1. The third-order valence-electron chi connectivity index (χ3n) is 7.90. The zero-order valence-electron chi connectivity index (χ0n) is 20.0. The van der Waals surface area contributed by atoms with Crippen LogP contribution in [0.4, 0.5) is 5.00 Å². The topological polar surface area (TPSA) is 142 Å². The van der Waals surface area contributed by atoms with E-state index < -0.39 is 31.9 Å². The number of thiophene rings is 1. The Bertz CT molecular complexity index is 1530. The van der Waals surface area contributed by atoms with Gasteiger partial charge in [-0.25, -0.2) is 13.1 Å². The van der Waals surface area contributed by atoms with E-state index in [-0.39, 0.29) is 57.4 Å². The number of ketones is 1. The highest BCUT2D eigenvalue weighted by Gasteiger charge is 2.60. The molecule has 1 saturated heterocycles. The second kappa shape index (κ2) is 8.72. The normalized spacial score (nSPS) is 30.0. The second-order valence-corrected chi connectivity index (χ2v) is 14.5. The lowest BCUT2D eigenvalue weighted by Gasteiger charge is -2.45. The molecule has 1 aromatic heterocycles. The van der Waals surface area contributed by atoms with Crippen LogP contribution in [0.25, 0.3) is 0 Å². The van der Waals surface area contributed by atoms with Gasteiger partial charge in [-0.3, -0.25) is 9.59 Å². The lowest BCUT2D eigenvalue weighted by Crippen LogP contribution is -2.61. The number of carbonyl (C=O) groups is 2. The largest absolute Gasteiger partial charge is 0.333 e. The minimum atomic E-state index is -4.27. The van der Waals surface area contributed by atoms with Gasteiger partial charge in [-0.15, -0.1) is 15.7 Å². The van der Waals surface area contributed by atoms with E-state index in [1.54, 1.807) is 4.90 Å². The van der Waals surface area contributed by atoms with Crippen molar-refractivity contribution >= 4 is 53.9 Å². The van der Waals surface area contributed by atoms with Crippen LogP contribution in [0.2, 0.25) is 0 Å². The van der Waals surface area contributed by atoms with E-state index in [4.69, 9.17) is 0 Å². The van der Waals surface area contributed by atoms with Gasteiger partial charge in [-0.2, -0.15) is 8.42 Å². The molecule has 196 valence electrons. The van der Waals surface area contributed by atoms with Crippen molar-refractivity contribution in [3.8, 4) is 0 Å². The fourth-order valence-corrected chi connectivity index (χ4v) is 9.54. The Balaban J connectivity index is 1.36. The van der Waals surface area contributed by atoms with E-state index in [9.17, 15) is 26.4 Å². The van der Waals surface area contributed by atoms with Gasteiger partial charge in [0.15, 0.2) is 11.7 Å². The average Bonchev–Trinajstić information content (AvgIpc) is 3.55. The Morgan fingerprint density at radius 2 is 1.89 bits per heavy atom. The van der Waals surface area contributed by atoms with E-state index in [1.807, 2.05) is 30.3 Å². The summed E-state index contributed by atoms with van der Waals surface area (Å²) in [6, 6.07) is 9.40. The number of carbonyl (C=O) groups excluding carboxylic acids is 2. The van der Waals surface area contributed by atoms with Gasteiger partial charge in [-0.05, 0) is 42.0 Å². The van der Waals surface area contributed by atoms with Gasteiger partial charge < -0.3 is 10.2 Å². The molecular weight excluding hydrogens is 536 g/mol. The summed E-state index contributed by atoms with van der Waals surface area (Å²) in [5.74, 6) is -2.07. The Hall–Kier alpha value is -2.61. The van der Waals surface area contributed by atoms with Gasteiger partial charge in [0.05, 0.1) is 6.26 Å². The Morgan fingerprint density at radius 1 is 1.16 bits per heavy atom. The number of hydrogen-bond acceptors (Lipinski definition) is 8. The maximum atomic E-state index is 13.9. The molecule has 13 heteroatoms. The minimum Gasteiger partial charge on any atom is -0.333 e. The van der Waals surface area contributed by atoms with Gasteiger partial charge in [0.2, 0.25) is 15.9 Å². The molecule has 2 N–H and O–H groups in total. The number of amides is 1. The summed E-state index contributed by atoms with van der Waals surface area (Å²) < 4.78 is 55.7. The van der Waals surface area contributed by atoms with Gasteiger partial charge in [0.25, 0.3) is 10.0 Å². The Morgan fingerprint density at radius 3 is 2.62 bits per heavy atom. The van der Waals surface area contributed by atoms with E-state index in [1.165, 1.54) is 5.38 Å². The molecule has 3 fully saturated rings. The molecule has 1 unspecified atom stereocenters. The van der Waals surface area contributed by atoms with Crippen molar-refractivity contribution in [1.29, 1.82) is 0 Å². The first-order valence-corrected chi connectivity index (χ1v) is 16.3. The Kier molecular flexibility index (Phi) is 5.82. The number of piperidine rings is 1. The summed E-state index contributed by atoms with van der Waals surface area (Å²) in [6.07, 6.45) is 3.80. The zero-order valence-corrected chi connectivity index (χ0v) is 22.4. The summed E-state index contributed by atoms with van der Waals surface area (Å²) in [4.78, 5) is 29.4. The monoisotopic (exact) mass is 562 g/mol. The van der Waals surface area contributed by atoms with Gasteiger partial charge in [-0.1, -0.05) is 30.3 Å². The predicted molar refractivity (Wildman–Crippen MR) is 138 cm³/mol. The van der Waals surface area contributed by atoms with Gasteiger partial charge in [0.1, 0.15) is 15.7 Å². The SMILES string of the molecule is CS(=O)(=O)NCc1csc2c1S(=O)(=O)N=C(C1C(=O)[C@@H]3[C@@H]4CC[C@@H](C4)[C@@H]3N(Cc3ccccc3)C1=O)N2. The number of anilines is 1. The molecule has 10 nitrogen and oxygen atoms in total. The molecular formula is C24H26N4O6S3. The van der Waals surface area contributed by atoms with Crippen molar-refractivity contribution in [3.63, 3.8) is 0 Å². The van der Waals surface area contributed by atoms with E-state index >= 15 is 0 Å². The van der Waals surface area contributed by atoms with Crippen molar-refractivity contribution in [2.75, 3.05) is 11.6 Å². The second-order valence-electron chi connectivity index (χ2n) is 10.2. The molecule has 6 rings (SSSR count). The lowest BCUT2D eigenvalue weighted by atomic mass is 9.73. The number of Topliss-reactive ketones (excluding diaryl/α,β-unsaturated/α-hetero) is 1. The van der Waals surface area contributed by atoms with Crippen LogP contribution in [0, 0.1) is 23.7 Å². The fraction of sp³-hybridized carbons (Fsp3) is 0.458. The third kappa shape index (κ3) is 4.21. The van der Waals surface area contributed by atoms with Gasteiger partial charge in [0, 0.05) is 30.6 Å². The van der Waals surface area contributed by atoms with Crippen LogP contribution in [-0.4, -0.2) is 51.6 Å². The smallest absolute Gasteiger partial charge is 0.287 e. The molecule has 37 heavy (non-hydrogen) atoms. The van der Waals surface area contributed by atoms with Crippen molar-refractivity contribution < 1.29 is 26.4 Å². The van der Waals surface area contributed by atoms with Crippen LogP contribution in [0.15, 0.2) is 45.0 Å². The molecule has 2 aliphatic carbocycles. The van der Waals surface area contributed by atoms with Crippen LogP contribution in [0.1, 0.15) is 30.4 Å². The summed E-state index contributed by atoms with van der Waals surface area (Å²) in [6.45, 7) is 0.134. The van der Waals surface area contributed by atoms with Crippen molar-refractivity contribution in [2.45, 2.75) is 43.3 Å². The molecule has 0 spiro atoms. The zero-order chi connectivity index (χ0) is 26.1. The molecule has 2 aliphatic heterocycles. The molecule has 3 heterocycles. The molecule has 5 atom stereocenters. The predicted octanol–water partition coefficient (Wildman–Crippen LogP) is 1.95. The Labute approximate surface area is 219 Å². The van der Waals surface area contributed by atoms with Crippen molar-refractivity contribution in [3.05, 3.63) is 46.8 Å². The lowest BCUT2D eigenvalue weighted by molar-refractivity contribution is -0.153. The number of benzene rings is 1. The van der Waals surface area contributed by atoms with Gasteiger partial charge >= 0.3 is 0 Å². The minimum absolute atomic E-state index is 0.132. The highest BCUT2D eigenvalue weighted by Crippen LogP contribution is 2.54. The fourth-order valence-electron chi connectivity index (χ4n) is 6.47. The number of nitrogens with zero attached hydrogens (tertiary/aromatic N) is 2. The molecule has 2 bridgehead atoms. The number of sulfonamides is 2. The van der Waals surface area contributed by atoms with Crippen LogP contribution in [0.5, 0.6) is 0 Å². The first kappa shape index (κ1) is 24.7. The standard InChI is InChI=1S/C24H26N4O6S3/c1-36(31,32)25-10-16-12-35-23-21(16)37(33,34)27-22(26-23)18-20(29)17-14-7-8-15(9-14)19(17)28(24(18)30)11-13-5-3-2-4-6-13/h2-6,12,14-15,17-19,25H,7-11H2,1H3,(H,26,27)/t14-,15+,17-,18?,19+/m1/s1. The molecule has 1 aromatic carbocycles. The highest BCUT2D eigenvalue weighted by atomic mass is 32.2. The molecule has 1 amide bonds. The molecule has 4 aliphatic rings. The molecule has 2 saturated carbocycles. The van der Waals surface area contributed by atoms with Crippen molar-refractivity contribution in [2.24, 2.45) is 28.1 Å². The van der Waals surface area contributed by atoms with Crippen LogP contribution >= 0.6 is 11.3 Å². The van der Waals surface area contributed by atoms with Crippen LogP contribution in [-0.2, 0) is 42.7 Å². The van der Waals surface area contributed by atoms with E-state index in [0.717, 1.165) is 42.4 Å². The van der Waals surface area contributed by atoms with E-state index in [2.05, 4.69) is 14.4 Å². The number of hydrogen-bond donors (Lipinski definition) is 2. The maximum absolute atomic E-state index is 13.9. The number of nitrogens with one attached hydrogen (secondary N) is 2. The average molecular weight is 563 g/mol.